The molecule has 1 fully saturated rings. The molecule has 1 saturated heterocycles. The number of carbonyl (C=O) groups excluding carboxylic acids is 1. The summed E-state index contributed by atoms with van der Waals surface area (Å²) in [6.45, 7) is 7.70. The fourth-order valence-electron chi connectivity index (χ4n) is 4.13. The smallest absolute Gasteiger partial charge is 0.287 e. The number of benzene rings is 1. The number of amides is 1. The van der Waals surface area contributed by atoms with E-state index in [0.29, 0.717) is 30.9 Å². The number of piperidine rings is 1. The zero-order valence-electron chi connectivity index (χ0n) is 17.6. The highest BCUT2D eigenvalue weighted by atomic mass is 16.3. The van der Waals surface area contributed by atoms with Crippen molar-refractivity contribution in [2.45, 2.75) is 38.8 Å². The van der Waals surface area contributed by atoms with Gasteiger partial charge in [0.25, 0.3) is 5.91 Å². The number of nitrogens with one attached hydrogen (secondary N) is 1. The van der Waals surface area contributed by atoms with Gasteiger partial charge >= 0.3 is 0 Å². The van der Waals surface area contributed by atoms with Gasteiger partial charge in [-0.25, -0.2) is 0 Å². The first-order valence-corrected chi connectivity index (χ1v) is 10.6. The van der Waals surface area contributed by atoms with Crippen molar-refractivity contribution in [1.82, 2.24) is 15.2 Å². The van der Waals surface area contributed by atoms with Gasteiger partial charge in [0.2, 0.25) is 0 Å². The molecule has 0 radical (unpaired) electrons. The van der Waals surface area contributed by atoms with Gasteiger partial charge in [-0.05, 0) is 60.2 Å². The number of nitrogens with zero attached hydrogens (tertiary/aromatic N) is 2. The molecule has 1 aliphatic rings. The number of aromatic nitrogens is 1. The first kappa shape index (κ1) is 20.6. The molecular weight excluding hydrogens is 378 g/mol. The SMILES string of the molecule is CC(C)CN1CCC(O)(c2ccc3oc(C(=O)NCc4ccncc4)cc3c2)CC1. The van der Waals surface area contributed by atoms with E-state index >= 15 is 0 Å². The molecule has 4 rings (SSSR count). The maximum absolute atomic E-state index is 12.5. The lowest BCUT2D eigenvalue weighted by molar-refractivity contribution is -0.0278. The van der Waals surface area contributed by atoms with Gasteiger partial charge in [0.1, 0.15) is 5.58 Å². The van der Waals surface area contributed by atoms with E-state index in [1.165, 1.54) is 0 Å². The molecule has 0 atom stereocenters. The molecule has 0 spiro atoms. The van der Waals surface area contributed by atoms with Gasteiger partial charge in [-0.2, -0.15) is 0 Å². The van der Waals surface area contributed by atoms with Crippen LogP contribution in [0.15, 0.2) is 53.2 Å². The summed E-state index contributed by atoms with van der Waals surface area (Å²) in [5, 5.41) is 14.9. The van der Waals surface area contributed by atoms with E-state index in [0.717, 1.165) is 36.1 Å². The van der Waals surface area contributed by atoms with E-state index < -0.39 is 5.60 Å². The van der Waals surface area contributed by atoms with Crippen LogP contribution in [0.4, 0.5) is 0 Å². The summed E-state index contributed by atoms with van der Waals surface area (Å²) in [4.78, 5) is 18.9. The van der Waals surface area contributed by atoms with Gasteiger partial charge < -0.3 is 19.7 Å². The summed E-state index contributed by atoms with van der Waals surface area (Å²) in [5.41, 5.74) is 1.68. The van der Waals surface area contributed by atoms with Crippen LogP contribution in [0.1, 0.15) is 48.4 Å². The Hall–Kier alpha value is -2.70. The highest BCUT2D eigenvalue weighted by molar-refractivity contribution is 5.96. The van der Waals surface area contributed by atoms with E-state index in [9.17, 15) is 9.90 Å². The maximum Gasteiger partial charge on any atom is 0.287 e. The average Bonchev–Trinajstić information content (AvgIpc) is 3.18. The predicted molar refractivity (Wildman–Crippen MR) is 116 cm³/mol. The van der Waals surface area contributed by atoms with Gasteiger partial charge in [0.15, 0.2) is 5.76 Å². The lowest BCUT2D eigenvalue weighted by atomic mass is 9.84. The van der Waals surface area contributed by atoms with Crippen LogP contribution in [0.2, 0.25) is 0 Å². The van der Waals surface area contributed by atoms with E-state index in [2.05, 4.69) is 29.0 Å². The number of hydrogen-bond donors (Lipinski definition) is 2. The Labute approximate surface area is 176 Å². The first-order valence-electron chi connectivity index (χ1n) is 10.6. The maximum atomic E-state index is 12.5. The zero-order valence-corrected chi connectivity index (χ0v) is 17.6. The monoisotopic (exact) mass is 407 g/mol. The molecular formula is C24H29N3O3. The highest BCUT2D eigenvalue weighted by Crippen LogP contribution is 2.35. The lowest BCUT2D eigenvalue weighted by Gasteiger charge is -2.39. The van der Waals surface area contributed by atoms with Crippen LogP contribution in [-0.4, -0.2) is 40.5 Å². The third-order valence-electron chi connectivity index (χ3n) is 5.79. The summed E-state index contributed by atoms with van der Waals surface area (Å²) in [6.07, 6.45) is 4.81. The summed E-state index contributed by atoms with van der Waals surface area (Å²) in [6, 6.07) is 11.2. The molecule has 3 heterocycles. The first-order chi connectivity index (χ1) is 14.4. The van der Waals surface area contributed by atoms with Gasteiger partial charge in [0.05, 0.1) is 5.60 Å². The number of pyridine rings is 1. The summed E-state index contributed by atoms with van der Waals surface area (Å²) < 4.78 is 5.74. The van der Waals surface area contributed by atoms with E-state index in [4.69, 9.17) is 4.42 Å². The molecule has 0 saturated carbocycles. The van der Waals surface area contributed by atoms with Crippen LogP contribution in [0.5, 0.6) is 0 Å². The van der Waals surface area contributed by atoms with Crippen LogP contribution in [0.3, 0.4) is 0 Å². The van der Waals surface area contributed by atoms with Crippen LogP contribution in [-0.2, 0) is 12.1 Å². The second-order valence-electron chi connectivity index (χ2n) is 8.63. The van der Waals surface area contributed by atoms with E-state index in [1.54, 1.807) is 18.5 Å². The topological polar surface area (TPSA) is 78.6 Å². The van der Waals surface area contributed by atoms with Crippen LogP contribution in [0, 0.1) is 5.92 Å². The lowest BCUT2D eigenvalue weighted by Crippen LogP contribution is -2.43. The molecule has 158 valence electrons. The van der Waals surface area contributed by atoms with Crippen molar-refractivity contribution >= 4 is 16.9 Å². The molecule has 1 aliphatic heterocycles. The van der Waals surface area contributed by atoms with Crippen molar-refractivity contribution < 1.29 is 14.3 Å². The largest absolute Gasteiger partial charge is 0.451 e. The third kappa shape index (κ3) is 4.55. The van der Waals surface area contributed by atoms with Crippen molar-refractivity contribution in [3.05, 3.63) is 65.7 Å². The number of fused-ring (bicyclic) bond motifs is 1. The standard InChI is InChI=1S/C24H29N3O3/c1-17(2)16-27-11-7-24(29,8-12-27)20-3-4-21-19(13-20)14-22(30-21)23(28)26-15-18-5-9-25-10-6-18/h3-6,9-10,13-14,17,29H,7-8,11-12,15-16H2,1-2H3,(H,26,28). The Morgan fingerprint density at radius 3 is 2.63 bits per heavy atom. The Morgan fingerprint density at radius 2 is 1.93 bits per heavy atom. The van der Waals surface area contributed by atoms with Crippen LogP contribution >= 0.6 is 0 Å². The summed E-state index contributed by atoms with van der Waals surface area (Å²) in [7, 11) is 0. The molecule has 2 N–H and O–H groups in total. The number of carbonyl (C=O) groups is 1. The second-order valence-corrected chi connectivity index (χ2v) is 8.63. The zero-order chi connectivity index (χ0) is 21.1. The van der Waals surface area contributed by atoms with Gasteiger partial charge in [-0.15, -0.1) is 0 Å². The molecule has 6 nitrogen and oxygen atoms in total. The summed E-state index contributed by atoms with van der Waals surface area (Å²) in [5.74, 6) is 0.641. The van der Waals surface area contributed by atoms with Crippen molar-refractivity contribution in [2.75, 3.05) is 19.6 Å². The number of furan rings is 1. The molecule has 30 heavy (non-hydrogen) atoms. The Balaban J connectivity index is 1.45. The molecule has 2 aromatic heterocycles. The normalized spacial score (nSPS) is 16.8. The minimum atomic E-state index is -0.831. The van der Waals surface area contributed by atoms with E-state index in [-0.39, 0.29) is 11.7 Å². The Kier molecular flexibility index (Phi) is 5.88. The number of aliphatic hydroxyl groups is 1. The van der Waals surface area contributed by atoms with Crippen LogP contribution < -0.4 is 5.32 Å². The molecule has 3 aromatic rings. The number of rotatable bonds is 6. The fourth-order valence-corrected chi connectivity index (χ4v) is 4.13. The molecule has 0 unspecified atom stereocenters. The Morgan fingerprint density at radius 1 is 1.20 bits per heavy atom. The third-order valence-corrected chi connectivity index (χ3v) is 5.79. The molecule has 1 amide bonds. The van der Waals surface area contributed by atoms with Gasteiger partial charge in [0, 0.05) is 44.0 Å². The van der Waals surface area contributed by atoms with Gasteiger partial charge in [-0.1, -0.05) is 19.9 Å². The van der Waals surface area contributed by atoms with Crippen molar-refractivity contribution in [2.24, 2.45) is 5.92 Å². The molecule has 1 aromatic carbocycles. The van der Waals surface area contributed by atoms with Crippen LogP contribution in [0.25, 0.3) is 11.0 Å². The summed E-state index contributed by atoms with van der Waals surface area (Å²) >= 11 is 0. The van der Waals surface area contributed by atoms with Crippen molar-refractivity contribution in [3.63, 3.8) is 0 Å². The molecule has 0 bridgehead atoms. The highest BCUT2D eigenvalue weighted by Gasteiger charge is 2.34. The average molecular weight is 408 g/mol. The Bertz CT molecular complexity index is 1000. The molecule has 0 aliphatic carbocycles. The van der Waals surface area contributed by atoms with Crippen molar-refractivity contribution in [3.8, 4) is 0 Å². The van der Waals surface area contributed by atoms with E-state index in [1.807, 2.05) is 30.3 Å². The minimum absolute atomic E-state index is 0.259. The second kappa shape index (κ2) is 8.58. The number of hydrogen-bond acceptors (Lipinski definition) is 5. The number of likely N-dealkylation sites (tertiary alicyclic amines) is 1. The van der Waals surface area contributed by atoms with Gasteiger partial charge in [-0.3, -0.25) is 9.78 Å². The minimum Gasteiger partial charge on any atom is -0.451 e. The predicted octanol–water partition coefficient (Wildman–Crippen LogP) is 3.70. The fraction of sp³-hybridized carbons (Fsp3) is 0.417. The quantitative estimate of drug-likeness (QED) is 0.651. The molecule has 6 heteroatoms. The van der Waals surface area contributed by atoms with Crippen molar-refractivity contribution in [1.29, 1.82) is 0 Å².